The quantitative estimate of drug-likeness (QED) is 0.850. The highest BCUT2D eigenvalue weighted by atomic mass is 19.1. The lowest BCUT2D eigenvalue weighted by Crippen LogP contribution is -2.66. The van der Waals surface area contributed by atoms with E-state index in [1.54, 1.807) is 0 Å². The molecule has 0 saturated heterocycles. The first-order chi connectivity index (χ1) is 7.63. The Bertz CT molecular complexity index is 422. The molecule has 3 saturated carbocycles. The maximum Gasteiger partial charge on any atom is 0.130 e. The van der Waals surface area contributed by atoms with E-state index in [2.05, 4.69) is 0 Å². The van der Waals surface area contributed by atoms with Crippen LogP contribution in [0.15, 0.2) is 18.2 Å². The molecular weight excluding hydrogens is 207 g/mol. The average Bonchev–Trinajstić information content (AvgIpc) is 2.17. The number of rotatable bonds is 3. The summed E-state index contributed by atoms with van der Waals surface area (Å²) in [5, 5.41) is 9.18. The summed E-state index contributed by atoms with van der Waals surface area (Å²) in [7, 11) is 1.54. The van der Waals surface area contributed by atoms with Gasteiger partial charge in [0.2, 0.25) is 0 Å². The Morgan fingerprint density at radius 1 is 1.38 bits per heavy atom. The van der Waals surface area contributed by atoms with E-state index in [4.69, 9.17) is 4.74 Å². The van der Waals surface area contributed by atoms with Crippen molar-refractivity contribution >= 4 is 0 Å². The van der Waals surface area contributed by atoms with Gasteiger partial charge in [0.15, 0.2) is 0 Å². The van der Waals surface area contributed by atoms with Gasteiger partial charge in [-0.15, -0.1) is 0 Å². The monoisotopic (exact) mass is 222 g/mol. The fraction of sp³-hybridized carbons (Fsp3) is 0.538. The van der Waals surface area contributed by atoms with Gasteiger partial charge < -0.3 is 9.84 Å². The summed E-state index contributed by atoms with van der Waals surface area (Å²) < 4.78 is 18.9. The molecule has 3 fully saturated rings. The number of halogens is 1. The van der Waals surface area contributed by atoms with Crippen molar-refractivity contribution in [3.8, 4) is 5.75 Å². The van der Waals surface area contributed by atoms with Crippen molar-refractivity contribution in [1.29, 1.82) is 0 Å². The van der Waals surface area contributed by atoms with Gasteiger partial charge in [0.25, 0.3) is 0 Å². The van der Waals surface area contributed by atoms with Crippen molar-refractivity contribution in [2.24, 2.45) is 5.41 Å². The number of aliphatic hydroxyl groups excluding tert-OH is 1. The topological polar surface area (TPSA) is 29.5 Å². The number of ether oxygens (including phenoxy) is 1. The van der Waals surface area contributed by atoms with E-state index in [9.17, 15) is 9.50 Å². The summed E-state index contributed by atoms with van der Waals surface area (Å²) in [6.07, 6.45) is 2.79. The molecule has 0 heterocycles. The first kappa shape index (κ1) is 10.1. The minimum Gasteiger partial charge on any atom is -0.497 e. The molecule has 0 amide bonds. The molecule has 0 unspecified atom stereocenters. The molecule has 16 heavy (non-hydrogen) atoms. The molecule has 3 aliphatic carbocycles. The number of hydrogen-bond acceptors (Lipinski definition) is 2. The van der Waals surface area contributed by atoms with Gasteiger partial charge in [-0.2, -0.15) is 0 Å². The van der Waals surface area contributed by atoms with Crippen LogP contribution in [-0.4, -0.2) is 18.8 Å². The zero-order chi connectivity index (χ0) is 11.4. The Morgan fingerprint density at radius 3 is 2.56 bits per heavy atom. The highest BCUT2D eigenvalue weighted by Crippen LogP contribution is 2.73. The predicted octanol–water partition coefficient (Wildman–Crippen LogP) is 2.25. The van der Waals surface area contributed by atoms with Gasteiger partial charge in [-0.3, -0.25) is 0 Å². The molecule has 0 atom stereocenters. The van der Waals surface area contributed by atoms with Crippen LogP contribution in [0, 0.1) is 11.2 Å². The summed E-state index contributed by atoms with van der Waals surface area (Å²) in [6.45, 7) is 0.243. The molecule has 0 aliphatic heterocycles. The van der Waals surface area contributed by atoms with E-state index in [0.717, 1.165) is 24.8 Å². The molecule has 1 aromatic rings. The van der Waals surface area contributed by atoms with Gasteiger partial charge in [0.05, 0.1) is 7.11 Å². The van der Waals surface area contributed by atoms with E-state index < -0.39 is 0 Å². The average molecular weight is 222 g/mol. The molecule has 0 aromatic heterocycles. The second-order valence-electron chi connectivity index (χ2n) is 5.31. The van der Waals surface area contributed by atoms with Gasteiger partial charge in [-0.1, -0.05) is 6.07 Å². The van der Waals surface area contributed by atoms with Crippen LogP contribution in [0.5, 0.6) is 5.75 Å². The Kier molecular flexibility index (Phi) is 1.88. The maximum absolute atomic E-state index is 13.9. The number of methoxy groups -OCH3 is 1. The normalized spacial score (nSPS) is 35.2. The first-order valence-corrected chi connectivity index (χ1v) is 5.58. The highest BCUT2D eigenvalue weighted by Gasteiger charge is 2.68. The third-order valence-electron chi connectivity index (χ3n) is 4.22. The minimum atomic E-state index is -0.175. The lowest BCUT2D eigenvalue weighted by molar-refractivity contribution is -0.169. The lowest BCUT2D eigenvalue weighted by Gasteiger charge is -2.70. The molecule has 2 nitrogen and oxygen atoms in total. The van der Waals surface area contributed by atoms with E-state index >= 15 is 0 Å². The van der Waals surface area contributed by atoms with E-state index in [1.165, 1.54) is 13.2 Å². The zero-order valence-electron chi connectivity index (χ0n) is 9.29. The van der Waals surface area contributed by atoms with Crippen LogP contribution in [-0.2, 0) is 5.41 Å². The van der Waals surface area contributed by atoms with E-state index in [0.29, 0.717) is 5.75 Å². The van der Waals surface area contributed by atoms with Crippen LogP contribution in [0.2, 0.25) is 0 Å². The van der Waals surface area contributed by atoms with Crippen LogP contribution in [0.25, 0.3) is 0 Å². The van der Waals surface area contributed by atoms with Crippen molar-refractivity contribution in [2.75, 3.05) is 13.7 Å². The zero-order valence-corrected chi connectivity index (χ0v) is 9.29. The molecule has 0 spiro atoms. The smallest absolute Gasteiger partial charge is 0.130 e. The summed E-state index contributed by atoms with van der Waals surface area (Å²) in [4.78, 5) is 0. The number of benzene rings is 1. The summed E-state index contributed by atoms with van der Waals surface area (Å²) in [6, 6.07) is 5.08. The molecule has 3 heteroatoms. The molecule has 3 aliphatic rings. The molecule has 86 valence electrons. The van der Waals surface area contributed by atoms with Crippen LogP contribution in [0.3, 0.4) is 0 Å². The third kappa shape index (κ3) is 1.09. The van der Waals surface area contributed by atoms with Crippen molar-refractivity contribution in [2.45, 2.75) is 24.7 Å². The van der Waals surface area contributed by atoms with Crippen LogP contribution in [0.1, 0.15) is 24.8 Å². The minimum absolute atomic E-state index is 0.0130. The van der Waals surface area contributed by atoms with Crippen molar-refractivity contribution in [3.63, 3.8) is 0 Å². The molecule has 1 N–H and O–H groups in total. The van der Waals surface area contributed by atoms with Crippen molar-refractivity contribution in [3.05, 3.63) is 29.6 Å². The molecular formula is C13H15FO2. The van der Waals surface area contributed by atoms with Gasteiger partial charge >= 0.3 is 0 Å². The highest BCUT2D eigenvalue weighted by molar-refractivity contribution is 5.42. The SMILES string of the molecule is COc1ccc(C23CC(CO)(C2)C3)c(F)c1. The Balaban J connectivity index is 1.87. The van der Waals surface area contributed by atoms with Gasteiger partial charge in [-0.05, 0) is 36.3 Å². The van der Waals surface area contributed by atoms with Crippen molar-refractivity contribution in [1.82, 2.24) is 0 Å². The Hall–Kier alpha value is -1.09. The molecule has 2 bridgehead atoms. The summed E-state index contributed by atoms with van der Waals surface area (Å²) in [5.41, 5.74) is 0.925. The van der Waals surface area contributed by atoms with E-state index in [1.807, 2.05) is 12.1 Å². The Labute approximate surface area is 94.0 Å². The Morgan fingerprint density at radius 2 is 2.06 bits per heavy atom. The van der Waals surface area contributed by atoms with Gasteiger partial charge in [0.1, 0.15) is 11.6 Å². The van der Waals surface area contributed by atoms with Gasteiger partial charge in [0, 0.05) is 18.1 Å². The van der Waals surface area contributed by atoms with Crippen LogP contribution in [0.4, 0.5) is 4.39 Å². The largest absolute Gasteiger partial charge is 0.497 e. The lowest BCUT2D eigenvalue weighted by atomic mass is 9.34. The number of hydrogen-bond donors (Lipinski definition) is 1. The molecule has 4 rings (SSSR count). The summed E-state index contributed by atoms with van der Waals surface area (Å²) >= 11 is 0. The van der Waals surface area contributed by atoms with E-state index in [-0.39, 0.29) is 23.3 Å². The second kappa shape index (κ2) is 2.98. The maximum atomic E-state index is 13.9. The van der Waals surface area contributed by atoms with Crippen molar-refractivity contribution < 1.29 is 14.2 Å². The first-order valence-electron chi connectivity index (χ1n) is 5.58. The third-order valence-corrected chi connectivity index (χ3v) is 4.22. The van der Waals surface area contributed by atoms with Crippen LogP contribution >= 0.6 is 0 Å². The predicted molar refractivity (Wildman–Crippen MR) is 58.0 cm³/mol. The van der Waals surface area contributed by atoms with Gasteiger partial charge in [-0.25, -0.2) is 4.39 Å². The fourth-order valence-electron chi connectivity index (χ4n) is 3.50. The fourth-order valence-corrected chi connectivity index (χ4v) is 3.50. The molecule has 1 aromatic carbocycles. The summed E-state index contributed by atoms with van der Waals surface area (Å²) in [5.74, 6) is 0.385. The second-order valence-corrected chi connectivity index (χ2v) is 5.31. The van der Waals surface area contributed by atoms with Crippen LogP contribution < -0.4 is 4.74 Å². The number of aliphatic hydroxyl groups is 1. The molecule has 0 radical (unpaired) electrons. The standard InChI is InChI=1S/C13H15FO2/c1-16-9-2-3-10(11(14)4-9)13-5-12(6-13,7-13)8-15/h2-4,15H,5-8H2,1H3.